The SMILES string of the molecule is CN1CCC(CCNCc2ccc(C(=O)O)cc2)CC1. The van der Waals surface area contributed by atoms with E-state index in [1.165, 1.54) is 32.4 Å². The van der Waals surface area contributed by atoms with Crippen molar-refractivity contribution in [2.75, 3.05) is 26.7 Å². The molecule has 2 rings (SSSR count). The molecular formula is C16H24N2O2. The number of carbonyl (C=O) groups is 1. The van der Waals surface area contributed by atoms with Crippen molar-refractivity contribution in [3.8, 4) is 0 Å². The zero-order chi connectivity index (χ0) is 14.4. The molecule has 0 radical (unpaired) electrons. The maximum atomic E-state index is 10.8. The van der Waals surface area contributed by atoms with E-state index in [1.807, 2.05) is 12.1 Å². The Hall–Kier alpha value is -1.39. The first-order valence-corrected chi connectivity index (χ1v) is 7.36. The second-order valence-corrected chi connectivity index (χ2v) is 5.71. The Balaban J connectivity index is 1.64. The quantitative estimate of drug-likeness (QED) is 0.782. The van der Waals surface area contributed by atoms with Crippen LogP contribution < -0.4 is 5.32 Å². The zero-order valence-corrected chi connectivity index (χ0v) is 12.1. The molecular weight excluding hydrogens is 252 g/mol. The summed E-state index contributed by atoms with van der Waals surface area (Å²) in [5.74, 6) is -0.0140. The number of aromatic carboxylic acids is 1. The fourth-order valence-electron chi connectivity index (χ4n) is 2.65. The molecule has 110 valence electrons. The number of hydrogen-bond acceptors (Lipinski definition) is 3. The number of nitrogens with zero attached hydrogens (tertiary/aromatic N) is 1. The minimum absolute atomic E-state index is 0.347. The molecule has 0 bridgehead atoms. The molecule has 0 atom stereocenters. The van der Waals surface area contributed by atoms with E-state index >= 15 is 0 Å². The van der Waals surface area contributed by atoms with Crippen LogP contribution in [0.15, 0.2) is 24.3 Å². The second-order valence-electron chi connectivity index (χ2n) is 5.71. The summed E-state index contributed by atoms with van der Waals surface area (Å²) in [4.78, 5) is 13.1. The minimum Gasteiger partial charge on any atom is -0.478 e. The standard InChI is InChI=1S/C16H24N2O2/c1-18-10-7-13(8-11-18)6-9-17-12-14-2-4-15(5-3-14)16(19)20/h2-5,13,17H,6-12H2,1H3,(H,19,20). The Morgan fingerprint density at radius 1 is 1.30 bits per heavy atom. The maximum Gasteiger partial charge on any atom is 0.335 e. The third-order valence-electron chi connectivity index (χ3n) is 4.10. The molecule has 0 aromatic heterocycles. The fourth-order valence-corrected chi connectivity index (χ4v) is 2.65. The monoisotopic (exact) mass is 276 g/mol. The molecule has 0 unspecified atom stereocenters. The van der Waals surface area contributed by atoms with Crippen molar-refractivity contribution in [3.05, 3.63) is 35.4 Å². The summed E-state index contributed by atoms with van der Waals surface area (Å²) in [5, 5.41) is 12.3. The van der Waals surface area contributed by atoms with Crippen molar-refractivity contribution < 1.29 is 9.90 Å². The average Bonchev–Trinajstić information content (AvgIpc) is 2.46. The average molecular weight is 276 g/mol. The molecule has 0 amide bonds. The Kier molecular flexibility index (Phi) is 5.56. The van der Waals surface area contributed by atoms with Crippen LogP contribution in [0.3, 0.4) is 0 Å². The van der Waals surface area contributed by atoms with Gasteiger partial charge in [0.15, 0.2) is 0 Å². The van der Waals surface area contributed by atoms with Crippen molar-refractivity contribution in [2.24, 2.45) is 5.92 Å². The van der Waals surface area contributed by atoms with E-state index in [0.717, 1.165) is 24.6 Å². The summed E-state index contributed by atoms with van der Waals surface area (Å²) < 4.78 is 0. The van der Waals surface area contributed by atoms with Crippen LogP contribution in [0.1, 0.15) is 35.2 Å². The lowest BCUT2D eigenvalue weighted by molar-refractivity contribution is 0.0697. The van der Waals surface area contributed by atoms with Crippen LogP contribution in [-0.4, -0.2) is 42.7 Å². The van der Waals surface area contributed by atoms with Gasteiger partial charge in [-0.05, 0) is 69.6 Å². The number of hydrogen-bond donors (Lipinski definition) is 2. The van der Waals surface area contributed by atoms with E-state index in [2.05, 4.69) is 17.3 Å². The van der Waals surface area contributed by atoms with E-state index in [9.17, 15) is 4.79 Å². The van der Waals surface area contributed by atoms with E-state index in [1.54, 1.807) is 12.1 Å². The number of carboxylic acid groups (broad SMARTS) is 1. The maximum absolute atomic E-state index is 10.8. The summed E-state index contributed by atoms with van der Waals surface area (Å²) in [6.07, 6.45) is 3.86. The van der Waals surface area contributed by atoms with Gasteiger partial charge < -0.3 is 15.3 Å². The molecule has 1 aliphatic rings. The molecule has 0 spiro atoms. The number of piperidine rings is 1. The Morgan fingerprint density at radius 2 is 1.95 bits per heavy atom. The molecule has 1 aliphatic heterocycles. The molecule has 0 saturated carbocycles. The number of nitrogens with one attached hydrogen (secondary N) is 1. The van der Waals surface area contributed by atoms with Crippen molar-refractivity contribution in [2.45, 2.75) is 25.8 Å². The molecule has 0 aliphatic carbocycles. The van der Waals surface area contributed by atoms with Gasteiger partial charge in [-0.2, -0.15) is 0 Å². The molecule has 1 fully saturated rings. The van der Waals surface area contributed by atoms with E-state index in [0.29, 0.717) is 5.56 Å². The van der Waals surface area contributed by atoms with Gasteiger partial charge in [0.2, 0.25) is 0 Å². The van der Waals surface area contributed by atoms with Crippen LogP contribution in [0.5, 0.6) is 0 Å². The van der Waals surface area contributed by atoms with E-state index in [4.69, 9.17) is 5.11 Å². The summed E-state index contributed by atoms with van der Waals surface area (Å²) >= 11 is 0. The first-order valence-electron chi connectivity index (χ1n) is 7.36. The highest BCUT2D eigenvalue weighted by molar-refractivity contribution is 5.87. The first kappa shape index (κ1) is 15.0. The van der Waals surface area contributed by atoms with Crippen molar-refractivity contribution in [1.82, 2.24) is 10.2 Å². The Bertz CT molecular complexity index is 423. The van der Waals surface area contributed by atoms with Gasteiger partial charge in [-0.15, -0.1) is 0 Å². The molecule has 4 nitrogen and oxygen atoms in total. The highest BCUT2D eigenvalue weighted by Gasteiger charge is 2.15. The number of rotatable bonds is 6. The number of carboxylic acids is 1. The summed E-state index contributed by atoms with van der Waals surface area (Å²) in [5.41, 5.74) is 1.48. The first-order chi connectivity index (χ1) is 9.65. The Labute approximate surface area is 120 Å². The molecule has 1 aromatic rings. The minimum atomic E-state index is -0.869. The third kappa shape index (κ3) is 4.62. The Morgan fingerprint density at radius 3 is 2.55 bits per heavy atom. The lowest BCUT2D eigenvalue weighted by Gasteiger charge is -2.28. The normalized spacial score (nSPS) is 17.2. The van der Waals surface area contributed by atoms with Gasteiger partial charge in [-0.25, -0.2) is 4.79 Å². The van der Waals surface area contributed by atoms with Crippen LogP contribution >= 0.6 is 0 Å². The molecule has 1 saturated heterocycles. The van der Waals surface area contributed by atoms with Crippen LogP contribution in [0.2, 0.25) is 0 Å². The van der Waals surface area contributed by atoms with Crippen molar-refractivity contribution in [1.29, 1.82) is 0 Å². The van der Waals surface area contributed by atoms with Crippen LogP contribution in [-0.2, 0) is 6.54 Å². The van der Waals surface area contributed by atoms with Gasteiger partial charge in [0.05, 0.1) is 5.56 Å². The van der Waals surface area contributed by atoms with Crippen molar-refractivity contribution >= 4 is 5.97 Å². The van der Waals surface area contributed by atoms with Gasteiger partial charge in [0.1, 0.15) is 0 Å². The molecule has 1 heterocycles. The lowest BCUT2D eigenvalue weighted by atomic mass is 9.94. The fraction of sp³-hybridized carbons (Fsp3) is 0.562. The smallest absolute Gasteiger partial charge is 0.335 e. The van der Waals surface area contributed by atoms with Crippen LogP contribution in [0.4, 0.5) is 0 Å². The molecule has 20 heavy (non-hydrogen) atoms. The lowest BCUT2D eigenvalue weighted by Crippen LogP contribution is -2.31. The number of benzene rings is 1. The third-order valence-corrected chi connectivity index (χ3v) is 4.10. The topological polar surface area (TPSA) is 52.6 Å². The predicted octanol–water partition coefficient (Wildman–Crippen LogP) is 2.21. The molecule has 2 N–H and O–H groups in total. The highest BCUT2D eigenvalue weighted by atomic mass is 16.4. The largest absolute Gasteiger partial charge is 0.478 e. The van der Waals surface area contributed by atoms with Crippen LogP contribution in [0, 0.1) is 5.92 Å². The highest BCUT2D eigenvalue weighted by Crippen LogP contribution is 2.18. The van der Waals surface area contributed by atoms with Gasteiger partial charge in [0, 0.05) is 6.54 Å². The summed E-state index contributed by atoms with van der Waals surface area (Å²) in [6.45, 7) is 4.30. The zero-order valence-electron chi connectivity index (χ0n) is 12.1. The van der Waals surface area contributed by atoms with Gasteiger partial charge in [-0.3, -0.25) is 0 Å². The van der Waals surface area contributed by atoms with Gasteiger partial charge in [0.25, 0.3) is 0 Å². The second kappa shape index (κ2) is 7.41. The van der Waals surface area contributed by atoms with Gasteiger partial charge in [-0.1, -0.05) is 12.1 Å². The summed E-state index contributed by atoms with van der Waals surface area (Å²) in [6, 6.07) is 7.09. The number of likely N-dealkylation sites (tertiary alicyclic amines) is 1. The van der Waals surface area contributed by atoms with Crippen LogP contribution in [0.25, 0.3) is 0 Å². The molecule has 4 heteroatoms. The van der Waals surface area contributed by atoms with E-state index < -0.39 is 5.97 Å². The van der Waals surface area contributed by atoms with Gasteiger partial charge >= 0.3 is 5.97 Å². The predicted molar refractivity (Wildman–Crippen MR) is 79.9 cm³/mol. The molecule has 1 aromatic carbocycles. The summed E-state index contributed by atoms with van der Waals surface area (Å²) in [7, 11) is 2.19. The van der Waals surface area contributed by atoms with E-state index in [-0.39, 0.29) is 0 Å². The van der Waals surface area contributed by atoms with Crippen molar-refractivity contribution in [3.63, 3.8) is 0 Å².